The summed E-state index contributed by atoms with van der Waals surface area (Å²) in [5, 5.41) is 2.68. The molecule has 2 rings (SSSR count). The average Bonchev–Trinajstić information content (AvgIpc) is 2.54. The number of amides is 1. The number of nitrogens with one attached hydrogen (secondary N) is 1. The van der Waals surface area contributed by atoms with Gasteiger partial charge in [0.05, 0.1) is 0 Å². The number of aryl methyl sites for hydroxylation is 2. The van der Waals surface area contributed by atoms with Gasteiger partial charge >= 0.3 is 5.97 Å². The van der Waals surface area contributed by atoms with E-state index in [1.165, 1.54) is 0 Å². The molecule has 2 aromatic carbocycles. The Morgan fingerprint density at radius 1 is 1.04 bits per heavy atom. The van der Waals surface area contributed by atoms with Crippen molar-refractivity contribution in [2.24, 2.45) is 0 Å². The third kappa shape index (κ3) is 5.43. The van der Waals surface area contributed by atoms with Crippen molar-refractivity contribution in [3.8, 4) is 5.75 Å². The molecule has 1 atom stereocenters. The maximum absolute atomic E-state index is 11.9. The number of carbonyl (C=O) groups is 2. The normalized spacial score (nSPS) is 11.5. The Morgan fingerprint density at radius 2 is 1.75 bits per heavy atom. The number of esters is 1. The van der Waals surface area contributed by atoms with Gasteiger partial charge in [-0.15, -0.1) is 0 Å². The monoisotopic (exact) mass is 327 g/mol. The number of anilines is 1. The van der Waals surface area contributed by atoms with Crippen LogP contribution in [0.2, 0.25) is 0 Å². The van der Waals surface area contributed by atoms with E-state index in [1.54, 1.807) is 25.1 Å². The van der Waals surface area contributed by atoms with Gasteiger partial charge in [-0.05, 0) is 50.6 Å². The number of hydrogen-bond donors (Lipinski definition) is 1. The molecule has 1 amide bonds. The fraction of sp³-hybridized carbons (Fsp3) is 0.263. The van der Waals surface area contributed by atoms with Crippen molar-refractivity contribution >= 4 is 17.6 Å². The van der Waals surface area contributed by atoms with Crippen LogP contribution in [-0.4, -0.2) is 24.6 Å². The predicted octanol–water partition coefficient (Wildman–Crippen LogP) is 3.25. The quantitative estimate of drug-likeness (QED) is 0.827. The number of benzene rings is 2. The number of ether oxygens (including phenoxy) is 2. The highest BCUT2D eigenvalue weighted by Crippen LogP contribution is 2.14. The van der Waals surface area contributed by atoms with Crippen molar-refractivity contribution in [1.29, 1.82) is 0 Å². The van der Waals surface area contributed by atoms with Crippen LogP contribution in [0.1, 0.15) is 18.1 Å². The molecule has 126 valence electrons. The van der Waals surface area contributed by atoms with Gasteiger partial charge in [-0.2, -0.15) is 0 Å². The van der Waals surface area contributed by atoms with Gasteiger partial charge in [0.2, 0.25) is 0 Å². The number of rotatable bonds is 6. The van der Waals surface area contributed by atoms with Crippen LogP contribution < -0.4 is 10.1 Å². The standard InChI is InChI=1S/C19H21NO4/c1-13-7-9-17(10-8-13)24-15(3)19(22)23-12-18(21)20-16-6-4-5-14(2)11-16/h4-11,15H,12H2,1-3H3,(H,20,21). The molecular weight excluding hydrogens is 306 g/mol. The lowest BCUT2D eigenvalue weighted by molar-refractivity contribution is -0.153. The number of hydrogen-bond acceptors (Lipinski definition) is 4. The van der Waals surface area contributed by atoms with E-state index in [0.29, 0.717) is 11.4 Å². The minimum Gasteiger partial charge on any atom is -0.479 e. The zero-order valence-corrected chi connectivity index (χ0v) is 14.0. The van der Waals surface area contributed by atoms with Gasteiger partial charge < -0.3 is 14.8 Å². The Morgan fingerprint density at radius 3 is 2.42 bits per heavy atom. The second kappa shape index (κ2) is 8.15. The summed E-state index contributed by atoms with van der Waals surface area (Å²) in [7, 11) is 0. The molecule has 1 unspecified atom stereocenters. The predicted molar refractivity (Wildman–Crippen MR) is 92.0 cm³/mol. The van der Waals surface area contributed by atoms with Crippen LogP contribution >= 0.6 is 0 Å². The van der Waals surface area contributed by atoms with Crippen LogP contribution in [0, 0.1) is 13.8 Å². The lowest BCUT2D eigenvalue weighted by Crippen LogP contribution is -2.29. The van der Waals surface area contributed by atoms with Gasteiger partial charge in [0, 0.05) is 5.69 Å². The molecule has 0 heterocycles. The fourth-order valence-corrected chi connectivity index (χ4v) is 2.04. The van der Waals surface area contributed by atoms with E-state index in [2.05, 4.69) is 5.32 Å². The first-order chi connectivity index (χ1) is 11.4. The summed E-state index contributed by atoms with van der Waals surface area (Å²) in [6.45, 7) is 5.13. The largest absolute Gasteiger partial charge is 0.479 e. The third-order valence-electron chi connectivity index (χ3n) is 3.31. The Kier molecular flexibility index (Phi) is 5.95. The maximum Gasteiger partial charge on any atom is 0.347 e. The van der Waals surface area contributed by atoms with Gasteiger partial charge in [-0.1, -0.05) is 29.8 Å². The Bertz CT molecular complexity index is 710. The van der Waals surface area contributed by atoms with E-state index in [0.717, 1.165) is 11.1 Å². The van der Waals surface area contributed by atoms with Crippen LogP contribution in [0.15, 0.2) is 48.5 Å². The van der Waals surface area contributed by atoms with Gasteiger partial charge in [-0.25, -0.2) is 4.79 Å². The zero-order valence-electron chi connectivity index (χ0n) is 14.0. The lowest BCUT2D eigenvalue weighted by Gasteiger charge is -2.14. The van der Waals surface area contributed by atoms with Gasteiger partial charge in [0.1, 0.15) is 5.75 Å². The summed E-state index contributed by atoms with van der Waals surface area (Å²) in [6.07, 6.45) is -0.792. The summed E-state index contributed by atoms with van der Waals surface area (Å²) in [5.41, 5.74) is 2.80. The molecule has 0 saturated carbocycles. The summed E-state index contributed by atoms with van der Waals surface area (Å²) in [6, 6.07) is 14.7. The minimum absolute atomic E-state index is 0.353. The molecule has 0 fully saturated rings. The molecule has 0 spiro atoms. The molecule has 0 radical (unpaired) electrons. The molecule has 0 saturated heterocycles. The van der Waals surface area contributed by atoms with Crippen molar-refractivity contribution < 1.29 is 19.1 Å². The molecule has 5 nitrogen and oxygen atoms in total. The summed E-state index contributed by atoms with van der Waals surface area (Å²) in [4.78, 5) is 23.7. The first kappa shape index (κ1) is 17.5. The summed E-state index contributed by atoms with van der Waals surface area (Å²) >= 11 is 0. The van der Waals surface area contributed by atoms with Gasteiger partial charge in [-0.3, -0.25) is 4.79 Å². The van der Waals surface area contributed by atoms with Crippen LogP contribution in [-0.2, 0) is 14.3 Å². The van der Waals surface area contributed by atoms with Crippen molar-refractivity contribution in [2.75, 3.05) is 11.9 Å². The Labute approximate surface area is 141 Å². The molecule has 24 heavy (non-hydrogen) atoms. The van der Waals surface area contributed by atoms with Crippen LogP contribution in [0.25, 0.3) is 0 Å². The Hall–Kier alpha value is -2.82. The molecule has 0 aliphatic rings. The molecule has 0 aliphatic heterocycles. The summed E-state index contributed by atoms with van der Waals surface area (Å²) in [5.74, 6) is -0.402. The van der Waals surface area contributed by atoms with Crippen LogP contribution in [0.3, 0.4) is 0 Å². The van der Waals surface area contributed by atoms with Gasteiger partial charge in [0.25, 0.3) is 5.91 Å². The summed E-state index contributed by atoms with van der Waals surface area (Å²) < 4.78 is 10.5. The molecule has 0 aliphatic carbocycles. The Balaban J connectivity index is 1.79. The van der Waals surface area contributed by atoms with Gasteiger partial charge in [0.15, 0.2) is 12.7 Å². The van der Waals surface area contributed by atoms with Crippen molar-refractivity contribution in [2.45, 2.75) is 26.9 Å². The molecular formula is C19H21NO4. The van der Waals surface area contributed by atoms with E-state index in [1.807, 2.05) is 44.2 Å². The van der Waals surface area contributed by atoms with Crippen molar-refractivity contribution in [1.82, 2.24) is 0 Å². The smallest absolute Gasteiger partial charge is 0.347 e. The second-order valence-electron chi connectivity index (χ2n) is 5.60. The minimum atomic E-state index is -0.792. The highest BCUT2D eigenvalue weighted by Gasteiger charge is 2.17. The number of carbonyl (C=O) groups excluding carboxylic acids is 2. The molecule has 1 N–H and O–H groups in total. The second-order valence-corrected chi connectivity index (χ2v) is 5.60. The van der Waals surface area contributed by atoms with Crippen molar-refractivity contribution in [3.05, 3.63) is 59.7 Å². The highest BCUT2D eigenvalue weighted by molar-refractivity contribution is 5.93. The van der Waals surface area contributed by atoms with Crippen LogP contribution in [0.4, 0.5) is 5.69 Å². The van der Waals surface area contributed by atoms with E-state index >= 15 is 0 Å². The van der Waals surface area contributed by atoms with E-state index in [-0.39, 0.29) is 6.61 Å². The van der Waals surface area contributed by atoms with E-state index in [9.17, 15) is 9.59 Å². The lowest BCUT2D eigenvalue weighted by atomic mass is 10.2. The van der Waals surface area contributed by atoms with Crippen LogP contribution in [0.5, 0.6) is 5.75 Å². The highest BCUT2D eigenvalue weighted by atomic mass is 16.6. The first-order valence-electron chi connectivity index (χ1n) is 7.70. The molecule has 0 aromatic heterocycles. The van der Waals surface area contributed by atoms with E-state index in [4.69, 9.17) is 9.47 Å². The van der Waals surface area contributed by atoms with Crippen molar-refractivity contribution in [3.63, 3.8) is 0 Å². The molecule has 0 bridgehead atoms. The zero-order chi connectivity index (χ0) is 17.5. The average molecular weight is 327 g/mol. The topological polar surface area (TPSA) is 64.6 Å². The maximum atomic E-state index is 11.9. The fourth-order valence-electron chi connectivity index (χ4n) is 2.04. The molecule has 5 heteroatoms. The molecule has 2 aromatic rings. The van der Waals surface area contributed by atoms with E-state index < -0.39 is 18.0 Å². The third-order valence-corrected chi connectivity index (χ3v) is 3.31. The SMILES string of the molecule is Cc1ccc(OC(C)C(=O)OCC(=O)Nc2cccc(C)c2)cc1. The first-order valence-corrected chi connectivity index (χ1v) is 7.70.